The van der Waals surface area contributed by atoms with Crippen LogP contribution in [0.5, 0.6) is 0 Å². The van der Waals surface area contributed by atoms with Gasteiger partial charge >= 0.3 is 0 Å². The topological polar surface area (TPSA) is 15.3 Å². The SMILES string of the molecule is CN1CCC(c2cccc(C3=CC=CC=CN3)c2)C1. The third-order valence-corrected chi connectivity index (χ3v) is 3.88. The van der Waals surface area contributed by atoms with E-state index in [0.717, 1.165) is 0 Å². The Bertz CT molecular complexity index is 540. The Hall–Kier alpha value is -1.80. The molecule has 0 saturated carbocycles. The van der Waals surface area contributed by atoms with Gasteiger partial charge in [0.25, 0.3) is 0 Å². The second kappa shape index (κ2) is 5.45. The highest BCUT2D eigenvalue weighted by Crippen LogP contribution is 2.28. The van der Waals surface area contributed by atoms with Crippen molar-refractivity contribution >= 4 is 5.70 Å². The molecule has 0 bridgehead atoms. The number of allylic oxidation sites excluding steroid dienone is 4. The first-order chi connectivity index (χ1) is 9.33. The van der Waals surface area contributed by atoms with Crippen LogP contribution in [0, 0.1) is 0 Å². The van der Waals surface area contributed by atoms with Crippen molar-refractivity contribution in [2.75, 3.05) is 20.1 Å². The van der Waals surface area contributed by atoms with Gasteiger partial charge in [-0.05, 0) is 55.3 Å². The van der Waals surface area contributed by atoms with Gasteiger partial charge in [-0.25, -0.2) is 0 Å². The molecule has 3 rings (SSSR count). The molecule has 1 aromatic rings. The van der Waals surface area contributed by atoms with Crippen LogP contribution < -0.4 is 5.32 Å². The molecule has 2 heterocycles. The first-order valence-corrected chi connectivity index (χ1v) is 6.92. The quantitative estimate of drug-likeness (QED) is 0.870. The Morgan fingerprint density at radius 2 is 2.16 bits per heavy atom. The largest absolute Gasteiger partial charge is 0.361 e. The Morgan fingerprint density at radius 1 is 1.21 bits per heavy atom. The van der Waals surface area contributed by atoms with Gasteiger partial charge < -0.3 is 10.2 Å². The van der Waals surface area contributed by atoms with Crippen LogP contribution in [0.4, 0.5) is 0 Å². The molecule has 2 heteroatoms. The Morgan fingerprint density at radius 3 is 3.00 bits per heavy atom. The van der Waals surface area contributed by atoms with Crippen LogP contribution in [0.25, 0.3) is 5.70 Å². The number of nitrogens with zero attached hydrogens (tertiary/aromatic N) is 1. The minimum atomic E-state index is 0.683. The lowest BCUT2D eigenvalue weighted by molar-refractivity contribution is 0.411. The molecule has 1 saturated heterocycles. The van der Waals surface area contributed by atoms with E-state index in [0.29, 0.717) is 5.92 Å². The molecule has 0 amide bonds. The first-order valence-electron chi connectivity index (χ1n) is 6.92. The zero-order valence-electron chi connectivity index (χ0n) is 11.3. The van der Waals surface area contributed by atoms with Crippen molar-refractivity contribution in [2.24, 2.45) is 0 Å². The van der Waals surface area contributed by atoms with Crippen LogP contribution in [0.3, 0.4) is 0 Å². The molecule has 0 radical (unpaired) electrons. The van der Waals surface area contributed by atoms with Crippen LogP contribution in [0.2, 0.25) is 0 Å². The maximum absolute atomic E-state index is 3.33. The molecule has 1 N–H and O–H groups in total. The number of hydrogen-bond acceptors (Lipinski definition) is 2. The van der Waals surface area contributed by atoms with Crippen LogP contribution >= 0.6 is 0 Å². The Labute approximate surface area is 115 Å². The molecule has 0 aliphatic carbocycles. The summed E-state index contributed by atoms with van der Waals surface area (Å²) in [4.78, 5) is 2.41. The van der Waals surface area contributed by atoms with Gasteiger partial charge in [0.05, 0.1) is 0 Å². The number of likely N-dealkylation sites (tertiary alicyclic amines) is 1. The molecule has 98 valence electrons. The molecule has 2 aliphatic rings. The molecule has 2 nitrogen and oxygen atoms in total. The fraction of sp³-hybridized carbons (Fsp3) is 0.294. The van der Waals surface area contributed by atoms with Crippen molar-refractivity contribution in [3.63, 3.8) is 0 Å². The zero-order chi connectivity index (χ0) is 13.1. The van der Waals surface area contributed by atoms with Crippen LogP contribution in [-0.4, -0.2) is 25.0 Å². The molecular weight excluding hydrogens is 232 g/mol. The van der Waals surface area contributed by atoms with Crippen molar-refractivity contribution in [1.82, 2.24) is 10.2 Å². The van der Waals surface area contributed by atoms with Crippen LogP contribution in [-0.2, 0) is 0 Å². The van der Waals surface area contributed by atoms with E-state index in [1.165, 1.54) is 36.3 Å². The summed E-state index contributed by atoms with van der Waals surface area (Å²) < 4.78 is 0. The second-order valence-corrected chi connectivity index (χ2v) is 5.34. The van der Waals surface area contributed by atoms with Crippen LogP contribution in [0.1, 0.15) is 23.5 Å². The van der Waals surface area contributed by atoms with Gasteiger partial charge in [0, 0.05) is 18.4 Å². The van der Waals surface area contributed by atoms with E-state index >= 15 is 0 Å². The Balaban J connectivity index is 1.85. The molecule has 2 aliphatic heterocycles. The second-order valence-electron chi connectivity index (χ2n) is 5.34. The van der Waals surface area contributed by atoms with E-state index in [1.807, 2.05) is 18.4 Å². The van der Waals surface area contributed by atoms with Gasteiger partial charge in [-0.3, -0.25) is 0 Å². The van der Waals surface area contributed by atoms with E-state index in [4.69, 9.17) is 0 Å². The van der Waals surface area contributed by atoms with Crippen LogP contribution in [0.15, 0.2) is 54.8 Å². The summed E-state index contributed by atoms with van der Waals surface area (Å²) in [5.74, 6) is 0.683. The molecule has 19 heavy (non-hydrogen) atoms. The minimum absolute atomic E-state index is 0.683. The van der Waals surface area contributed by atoms with E-state index in [9.17, 15) is 0 Å². The number of nitrogens with one attached hydrogen (secondary N) is 1. The molecule has 0 aromatic heterocycles. The maximum atomic E-state index is 3.33. The normalized spacial score (nSPS) is 23.0. The standard InChI is InChI=1S/C17H20N2/c1-19-11-9-16(13-19)14-6-5-7-15(12-14)17-8-3-2-4-10-18-17/h2-8,10,12,16,18H,9,11,13H2,1H3. The van der Waals surface area contributed by atoms with E-state index in [-0.39, 0.29) is 0 Å². The summed E-state index contributed by atoms with van der Waals surface area (Å²) in [6, 6.07) is 8.93. The zero-order valence-corrected chi connectivity index (χ0v) is 11.3. The molecule has 1 fully saturated rings. The average Bonchev–Trinajstić information content (AvgIpc) is 2.71. The number of likely N-dealkylation sites (N-methyl/N-ethyl adjacent to an activating group) is 1. The highest BCUT2D eigenvalue weighted by molar-refractivity contribution is 5.67. The first kappa shape index (κ1) is 12.2. The maximum Gasteiger partial charge on any atom is 0.0453 e. The molecule has 1 atom stereocenters. The predicted molar refractivity (Wildman–Crippen MR) is 80.7 cm³/mol. The monoisotopic (exact) mass is 252 g/mol. The summed E-state index contributed by atoms with van der Waals surface area (Å²) in [5, 5.41) is 3.33. The number of rotatable bonds is 2. The smallest absolute Gasteiger partial charge is 0.0453 e. The van der Waals surface area contributed by atoms with Crippen molar-refractivity contribution < 1.29 is 0 Å². The van der Waals surface area contributed by atoms with Crippen molar-refractivity contribution in [1.29, 1.82) is 0 Å². The summed E-state index contributed by atoms with van der Waals surface area (Å²) >= 11 is 0. The molecule has 1 aromatic carbocycles. The van der Waals surface area contributed by atoms with Gasteiger partial charge in [0.1, 0.15) is 0 Å². The lowest BCUT2D eigenvalue weighted by Gasteiger charge is -2.13. The third-order valence-electron chi connectivity index (χ3n) is 3.88. The van der Waals surface area contributed by atoms with Gasteiger partial charge in [0.15, 0.2) is 0 Å². The fourth-order valence-electron chi connectivity index (χ4n) is 2.80. The van der Waals surface area contributed by atoms with Gasteiger partial charge in [-0.1, -0.05) is 30.4 Å². The van der Waals surface area contributed by atoms with Gasteiger partial charge in [-0.15, -0.1) is 0 Å². The van der Waals surface area contributed by atoms with Gasteiger partial charge in [0.2, 0.25) is 0 Å². The highest BCUT2D eigenvalue weighted by atomic mass is 15.1. The summed E-state index contributed by atoms with van der Waals surface area (Å²) in [7, 11) is 2.20. The molecule has 1 unspecified atom stereocenters. The summed E-state index contributed by atoms with van der Waals surface area (Å²) in [6.45, 7) is 2.39. The number of benzene rings is 1. The van der Waals surface area contributed by atoms with Gasteiger partial charge in [-0.2, -0.15) is 0 Å². The highest BCUT2D eigenvalue weighted by Gasteiger charge is 2.21. The van der Waals surface area contributed by atoms with E-state index in [1.54, 1.807) is 0 Å². The fourth-order valence-corrected chi connectivity index (χ4v) is 2.80. The predicted octanol–water partition coefficient (Wildman–Crippen LogP) is 3.12. The molecule has 0 spiro atoms. The average molecular weight is 252 g/mol. The lowest BCUT2D eigenvalue weighted by Crippen LogP contribution is -2.13. The van der Waals surface area contributed by atoms with E-state index < -0.39 is 0 Å². The number of hydrogen-bond donors (Lipinski definition) is 1. The Kier molecular flexibility index (Phi) is 3.51. The van der Waals surface area contributed by atoms with Crippen molar-refractivity contribution in [3.05, 3.63) is 65.9 Å². The minimum Gasteiger partial charge on any atom is -0.361 e. The van der Waals surface area contributed by atoms with Crippen molar-refractivity contribution in [3.8, 4) is 0 Å². The summed E-state index contributed by atoms with van der Waals surface area (Å²) in [5.41, 5.74) is 3.89. The lowest BCUT2D eigenvalue weighted by atomic mass is 9.96. The summed E-state index contributed by atoms with van der Waals surface area (Å²) in [6.07, 6.45) is 11.5. The van der Waals surface area contributed by atoms with E-state index in [2.05, 4.69) is 53.7 Å². The molecular formula is C17H20N2. The van der Waals surface area contributed by atoms with Crippen molar-refractivity contribution in [2.45, 2.75) is 12.3 Å². The third kappa shape index (κ3) is 2.79.